The normalized spacial score (nSPS) is 14.5. The summed E-state index contributed by atoms with van der Waals surface area (Å²) in [5.74, 6) is 0.420. The molecule has 1 heterocycles. The largest absolute Gasteiger partial charge is 0.387 e. The fourth-order valence-electron chi connectivity index (χ4n) is 1.78. The van der Waals surface area contributed by atoms with Crippen molar-refractivity contribution in [2.24, 2.45) is 0 Å². The molecule has 0 spiro atoms. The molecule has 1 amide bonds. The number of nitrogens with one attached hydrogen (secondary N) is 1. The van der Waals surface area contributed by atoms with Crippen LogP contribution in [0.15, 0.2) is 16.7 Å². The smallest absolute Gasteiger partial charge is 0.268 e. The standard InChI is InChI=1S/C13H21BrN2O2S/c1-9(2)16-6-10(14)5-11(16)12(17)15-7-13(3,18)8-19-4/h5-6,9,18H,7-8H2,1-4H3,(H,15,17)/t13-/m0/s1. The van der Waals surface area contributed by atoms with Gasteiger partial charge in [0.2, 0.25) is 0 Å². The Morgan fingerprint density at radius 1 is 1.63 bits per heavy atom. The second-order valence-electron chi connectivity index (χ2n) is 5.16. The third kappa shape index (κ3) is 4.85. The number of carbonyl (C=O) groups is 1. The van der Waals surface area contributed by atoms with Crippen molar-refractivity contribution < 1.29 is 9.90 Å². The van der Waals surface area contributed by atoms with E-state index in [0.29, 0.717) is 11.4 Å². The number of hydrogen-bond acceptors (Lipinski definition) is 3. The van der Waals surface area contributed by atoms with Crippen LogP contribution in [0.2, 0.25) is 0 Å². The Balaban J connectivity index is 2.74. The molecule has 19 heavy (non-hydrogen) atoms. The number of nitrogens with zero attached hydrogens (tertiary/aromatic N) is 1. The molecule has 2 N–H and O–H groups in total. The lowest BCUT2D eigenvalue weighted by molar-refractivity contribution is 0.0719. The highest BCUT2D eigenvalue weighted by Gasteiger charge is 2.22. The summed E-state index contributed by atoms with van der Waals surface area (Å²) < 4.78 is 2.78. The second kappa shape index (κ2) is 6.81. The molecular formula is C13H21BrN2O2S. The Kier molecular flexibility index (Phi) is 5.95. The van der Waals surface area contributed by atoms with Crippen LogP contribution in [-0.4, -0.2) is 39.7 Å². The van der Waals surface area contributed by atoms with Crippen LogP contribution in [-0.2, 0) is 0 Å². The molecule has 1 atom stereocenters. The first-order chi connectivity index (χ1) is 8.76. The van der Waals surface area contributed by atoms with Crippen LogP contribution in [0, 0.1) is 0 Å². The number of hydrogen-bond donors (Lipinski definition) is 2. The van der Waals surface area contributed by atoms with Gasteiger partial charge >= 0.3 is 0 Å². The maximum Gasteiger partial charge on any atom is 0.268 e. The summed E-state index contributed by atoms with van der Waals surface area (Å²) in [5.41, 5.74) is -0.288. The van der Waals surface area contributed by atoms with E-state index in [-0.39, 0.29) is 18.5 Å². The molecule has 0 saturated heterocycles. The van der Waals surface area contributed by atoms with Gasteiger partial charge in [-0.25, -0.2) is 0 Å². The molecule has 0 unspecified atom stereocenters. The summed E-state index contributed by atoms with van der Waals surface area (Å²) >= 11 is 4.94. The zero-order valence-corrected chi connectivity index (χ0v) is 14.1. The van der Waals surface area contributed by atoms with Crippen molar-refractivity contribution in [3.8, 4) is 0 Å². The number of rotatable bonds is 6. The third-order valence-corrected chi connectivity index (χ3v) is 4.03. The Labute approximate surface area is 127 Å². The lowest BCUT2D eigenvalue weighted by atomic mass is 10.1. The molecule has 0 aliphatic rings. The highest BCUT2D eigenvalue weighted by molar-refractivity contribution is 9.10. The first-order valence-electron chi connectivity index (χ1n) is 6.14. The van der Waals surface area contributed by atoms with Crippen molar-refractivity contribution in [1.82, 2.24) is 9.88 Å². The minimum absolute atomic E-state index is 0.166. The maximum absolute atomic E-state index is 12.2. The van der Waals surface area contributed by atoms with E-state index in [0.717, 1.165) is 4.47 Å². The third-order valence-electron chi connectivity index (χ3n) is 2.69. The summed E-state index contributed by atoms with van der Waals surface area (Å²) in [7, 11) is 0. The molecule has 1 rings (SSSR count). The summed E-state index contributed by atoms with van der Waals surface area (Å²) in [5, 5.41) is 12.8. The average Bonchev–Trinajstić information content (AvgIpc) is 2.68. The molecule has 0 aliphatic carbocycles. The number of amides is 1. The van der Waals surface area contributed by atoms with E-state index in [1.807, 2.05) is 30.9 Å². The molecule has 6 heteroatoms. The van der Waals surface area contributed by atoms with Crippen LogP contribution in [0.3, 0.4) is 0 Å². The molecule has 0 bridgehead atoms. The highest BCUT2D eigenvalue weighted by Crippen LogP contribution is 2.19. The minimum atomic E-state index is -0.887. The van der Waals surface area contributed by atoms with Crippen LogP contribution in [0.5, 0.6) is 0 Å². The van der Waals surface area contributed by atoms with E-state index in [1.165, 1.54) is 0 Å². The first-order valence-corrected chi connectivity index (χ1v) is 8.32. The summed E-state index contributed by atoms with van der Waals surface area (Å²) in [4.78, 5) is 12.2. The first kappa shape index (κ1) is 16.6. The zero-order valence-electron chi connectivity index (χ0n) is 11.7. The van der Waals surface area contributed by atoms with Crippen molar-refractivity contribution in [3.05, 3.63) is 22.4 Å². The molecule has 0 saturated carbocycles. The van der Waals surface area contributed by atoms with Gasteiger partial charge in [-0.3, -0.25) is 4.79 Å². The Morgan fingerprint density at radius 2 is 2.26 bits per heavy atom. The average molecular weight is 349 g/mol. The molecule has 1 aromatic rings. The molecule has 1 aromatic heterocycles. The zero-order chi connectivity index (χ0) is 14.6. The summed E-state index contributed by atoms with van der Waals surface area (Å²) in [6.07, 6.45) is 3.82. The number of carbonyl (C=O) groups excluding carboxylic acids is 1. The Bertz CT molecular complexity index is 444. The van der Waals surface area contributed by atoms with E-state index in [4.69, 9.17) is 0 Å². The maximum atomic E-state index is 12.2. The van der Waals surface area contributed by atoms with Gasteiger partial charge in [0.15, 0.2) is 0 Å². The van der Waals surface area contributed by atoms with Crippen LogP contribution in [0.1, 0.15) is 37.3 Å². The monoisotopic (exact) mass is 348 g/mol. The predicted molar refractivity (Wildman–Crippen MR) is 83.9 cm³/mol. The Hall–Kier alpha value is -0.460. The predicted octanol–water partition coefficient (Wildman–Crippen LogP) is 2.68. The van der Waals surface area contributed by atoms with E-state index >= 15 is 0 Å². The van der Waals surface area contributed by atoms with Gasteiger partial charge in [0.05, 0.1) is 5.60 Å². The number of thioether (sulfide) groups is 1. The van der Waals surface area contributed by atoms with Crippen molar-refractivity contribution in [2.45, 2.75) is 32.4 Å². The van der Waals surface area contributed by atoms with Crippen LogP contribution in [0.25, 0.3) is 0 Å². The van der Waals surface area contributed by atoms with Gasteiger partial charge in [-0.05, 0) is 49.0 Å². The van der Waals surface area contributed by atoms with Crippen LogP contribution >= 0.6 is 27.7 Å². The number of aromatic nitrogens is 1. The van der Waals surface area contributed by atoms with E-state index in [1.54, 1.807) is 24.8 Å². The lowest BCUT2D eigenvalue weighted by Crippen LogP contribution is -2.42. The highest BCUT2D eigenvalue weighted by atomic mass is 79.9. The van der Waals surface area contributed by atoms with Crippen molar-refractivity contribution in [1.29, 1.82) is 0 Å². The van der Waals surface area contributed by atoms with E-state index < -0.39 is 5.60 Å². The van der Waals surface area contributed by atoms with Crippen LogP contribution < -0.4 is 5.32 Å². The van der Waals surface area contributed by atoms with E-state index in [9.17, 15) is 9.90 Å². The van der Waals surface area contributed by atoms with Crippen molar-refractivity contribution in [2.75, 3.05) is 18.6 Å². The minimum Gasteiger partial charge on any atom is -0.387 e. The number of aliphatic hydroxyl groups is 1. The molecule has 0 fully saturated rings. The molecular weight excluding hydrogens is 328 g/mol. The van der Waals surface area contributed by atoms with Gasteiger partial charge in [0.1, 0.15) is 5.69 Å². The number of halogens is 1. The topological polar surface area (TPSA) is 54.3 Å². The fourth-order valence-corrected chi connectivity index (χ4v) is 2.94. The summed E-state index contributed by atoms with van der Waals surface area (Å²) in [6.45, 7) is 6.01. The quantitative estimate of drug-likeness (QED) is 0.830. The van der Waals surface area contributed by atoms with Gasteiger partial charge in [0, 0.05) is 29.0 Å². The van der Waals surface area contributed by atoms with Gasteiger partial charge in [-0.15, -0.1) is 0 Å². The molecule has 0 aromatic carbocycles. The molecule has 4 nitrogen and oxygen atoms in total. The second-order valence-corrected chi connectivity index (χ2v) is 6.94. The van der Waals surface area contributed by atoms with Gasteiger partial charge in [-0.2, -0.15) is 11.8 Å². The molecule has 0 radical (unpaired) electrons. The SMILES string of the molecule is CSC[C@@](C)(O)CNC(=O)c1cc(Br)cn1C(C)C. The lowest BCUT2D eigenvalue weighted by Gasteiger charge is -2.23. The van der Waals surface area contributed by atoms with E-state index in [2.05, 4.69) is 21.2 Å². The van der Waals surface area contributed by atoms with Crippen molar-refractivity contribution >= 4 is 33.6 Å². The van der Waals surface area contributed by atoms with Gasteiger partial charge < -0.3 is 15.0 Å². The van der Waals surface area contributed by atoms with Gasteiger partial charge in [0.25, 0.3) is 5.91 Å². The molecule has 108 valence electrons. The van der Waals surface area contributed by atoms with Gasteiger partial charge in [-0.1, -0.05) is 0 Å². The van der Waals surface area contributed by atoms with Crippen LogP contribution in [0.4, 0.5) is 0 Å². The molecule has 0 aliphatic heterocycles. The fraction of sp³-hybridized carbons (Fsp3) is 0.615. The summed E-state index contributed by atoms with van der Waals surface area (Å²) in [6, 6.07) is 2.00. The van der Waals surface area contributed by atoms with Crippen molar-refractivity contribution in [3.63, 3.8) is 0 Å². The Morgan fingerprint density at radius 3 is 2.79 bits per heavy atom.